The van der Waals surface area contributed by atoms with Crippen LogP contribution in [0.3, 0.4) is 0 Å². The number of amides is 2. The Morgan fingerprint density at radius 1 is 1.47 bits per heavy atom. The van der Waals surface area contributed by atoms with Gasteiger partial charge in [-0.05, 0) is 6.07 Å². The molecule has 2 rings (SSSR count). The second-order valence-corrected chi connectivity index (χ2v) is 4.45. The lowest BCUT2D eigenvalue weighted by atomic mass is 10.1. The van der Waals surface area contributed by atoms with E-state index in [2.05, 4.69) is 20.8 Å². The molecule has 0 spiro atoms. The summed E-state index contributed by atoms with van der Waals surface area (Å²) < 4.78 is 13.4. The summed E-state index contributed by atoms with van der Waals surface area (Å²) >= 11 is 1.17. The van der Waals surface area contributed by atoms with Crippen molar-refractivity contribution >= 4 is 22.5 Å². The van der Waals surface area contributed by atoms with Crippen LogP contribution in [0.25, 0.3) is 0 Å². The molecule has 1 aromatic heterocycles. The first-order valence-corrected chi connectivity index (χ1v) is 6.28. The van der Waals surface area contributed by atoms with Gasteiger partial charge in [-0.3, -0.25) is 5.32 Å². The zero-order chi connectivity index (χ0) is 13.7. The van der Waals surface area contributed by atoms with Crippen molar-refractivity contribution in [3.63, 3.8) is 0 Å². The summed E-state index contributed by atoms with van der Waals surface area (Å²) in [4.78, 5) is 11.4. The van der Waals surface area contributed by atoms with E-state index in [4.69, 9.17) is 0 Å². The smallest absolute Gasteiger partial charge is 0.321 e. The Morgan fingerprint density at radius 3 is 2.95 bits per heavy atom. The fraction of sp³-hybridized carbons (Fsp3) is 0.182. The number of benzene rings is 1. The number of urea groups is 1. The highest BCUT2D eigenvalue weighted by Crippen LogP contribution is 2.15. The summed E-state index contributed by atoms with van der Waals surface area (Å²) in [5, 5.41) is 22.2. The Balaban J connectivity index is 1.85. The van der Waals surface area contributed by atoms with Crippen molar-refractivity contribution in [3.8, 4) is 0 Å². The number of hydrogen-bond acceptors (Lipinski definition) is 5. The van der Waals surface area contributed by atoms with E-state index in [0.29, 0.717) is 5.13 Å². The highest BCUT2D eigenvalue weighted by Gasteiger charge is 2.13. The van der Waals surface area contributed by atoms with Crippen molar-refractivity contribution in [2.75, 3.05) is 11.9 Å². The molecule has 3 N–H and O–H groups in total. The van der Waals surface area contributed by atoms with Gasteiger partial charge in [0.15, 0.2) is 0 Å². The first-order chi connectivity index (χ1) is 9.16. The Hall–Kier alpha value is -2.06. The van der Waals surface area contributed by atoms with Crippen LogP contribution in [0.1, 0.15) is 11.7 Å². The average Bonchev–Trinajstić information content (AvgIpc) is 2.89. The summed E-state index contributed by atoms with van der Waals surface area (Å²) in [5.41, 5.74) is 1.61. The van der Waals surface area contributed by atoms with Crippen molar-refractivity contribution in [2.45, 2.75) is 6.10 Å². The summed E-state index contributed by atoms with van der Waals surface area (Å²) in [6.45, 7) is -0.106. The van der Waals surface area contributed by atoms with Gasteiger partial charge in [0.25, 0.3) is 0 Å². The predicted molar refractivity (Wildman–Crippen MR) is 68.3 cm³/mol. The topological polar surface area (TPSA) is 87.1 Å². The summed E-state index contributed by atoms with van der Waals surface area (Å²) in [6, 6.07) is 5.32. The van der Waals surface area contributed by atoms with Crippen LogP contribution in [0.5, 0.6) is 0 Å². The largest absolute Gasteiger partial charge is 0.386 e. The highest BCUT2D eigenvalue weighted by molar-refractivity contribution is 7.13. The van der Waals surface area contributed by atoms with Crippen molar-refractivity contribution in [1.82, 2.24) is 15.5 Å². The lowest BCUT2D eigenvalue weighted by Crippen LogP contribution is -2.32. The zero-order valence-electron chi connectivity index (χ0n) is 9.71. The van der Waals surface area contributed by atoms with E-state index in [-0.39, 0.29) is 12.1 Å². The molecule has 2 aromatic rings. The number of carbonyl (C=O) groups is 1. The van der Waals surface area contributed by atoms with Crippen LogP contribution >= 0.6 is 11.3 Å². The monoisotopic (exact) mass is 282 g/mol. The molecule has 8 heteroatoms. The zero-order valence-corrected chi connectivity index (χ0v) is 10.5. The standard InChI is InChI=1S/C11H11FN4O2S/c12-8-4-2-1-3-7(8)9(17)5-13-10(18)15-11-16-14-6-19-11/h1-4,6,9,17H,5H2,(H2,13,15,16,18)/t9-/m0/s1. The molecular formula is C11H11FN4O2S. The minimum Gasteiger partial charge on any atom is -0.386 e. The number of nitrogens with one attached hydrogen (secondary N) is 2. The quantitative estimate of drug-likeness (QED) is 0.793. The second kappa shape index (κ2) is 6.21. The molecule has 0 bridgehead atoms. The maximum absolute atomic E-state index is 13.4. The number of anilines is 1. The van der Waals surface area contributed by atoms with E-state index in [1.54, 1.807) is 6.07 Å². The van der Waals surface area contributed by atoms with Gasteiger partial charge in [-0.1, -0.05) is 29.5 Å². The number of aliphatic hydroxyl groups is 1. The summed E-state index contributed by atoms with van der Waals surface area (Å²) in [7, 11) is 0. The third-order valence-corrected chi connectivity index (χ3v) is 2.91. The average molecular weight is 282 g/mol. The molecule has 1 aromatic carbocycles. The van der Waals surface area contributed by atoms with Gasteiger partial charge in [-0.15, -0.1) is 10.2 Å². The first-order valence-electron chi connectivity index (χ1n) is 5.40. The lowest BCUT2D eigenvalue weighted by Gasteiger charge is -2.12. The molecule has 19 heavy (non-hydrogen) atoms. The number of aromatic nitrogens is 2. The Morgan fingerprint density at radius 2 is 2.26 bits per heavy atom. The predicted octanol–water partition coefficient (Wildman–Crippen LogP) is 1.53. The van der Waals surface area contributed by atoms with Crippen molar-refractivity contribution in [2.24, 2.45) is 0 Å². The molecule has 0 aliphatic rings. The molecule has 1 atom stereocenters. The molecule has 100 valence electrons. The Kier molecular flexibility index (Phi) is 4.37. The maximum Gasteiger partial charge on any atom is 0.321 e. The number of halogens is 1. The summed E-state index contributed by atoms with van der Waals surface area (Å²) in [5.74, 6) is -0.513. The van der Waals surface area contributed by atoms with Crippen molar-refractivity contribution < 1.29 is 14.3 Å². The molecule has 1 heterocycles. The van der Waals surface area contributed by atoms with Crippen LogP contribution < -0.4 is 10.6 Å². The number of rotatable bonds is 4. The fourth-order valence-electron chi connectivity index (χ4n) is 1.41. The van der Waals surface area contributed by atoms with Crippen molar-refractivity contribution in [3.05, 3.63) is 41.2 Å². The van der Waals surface area contributed by atoms with Crippen molar-refractivity contribution in [1.29, 1.82) is 0 Å². The Bertz CT molecular complexity index is 549. The van der Waals surface area contributed by atoms with Gasteiger partial charge in [0, 0.05) is 12.1 Å². The van der Waals surface area contributed by atoms with Crippen LogP contribution in [-0.2, 0) is 0 Å². The van der Waals surface area contributed by atoms with Crippen LogP contribution in [-0.4, -0.2) is 27.9 Å². The van der Waals surface area contributed by atoms with Gasteiger partial charge < -0.3 is 10.4 Å². The van der Waals surface area contributed by atoms with Crippen LogP contribution in [0, 0.1) is 5.82 Å². The second-order valence-electron chi connectivity index (χ2n) is 3.62. The molecule has 0 aliphatic heterocycles. The van der Waals surface area contributed by atoms with E-state index in [1.807, 2.05) is 0 Å². The minimum absolute atomic E-state index is 0.106. The molecule has 0 saturated carbocycles. The summed E-state index contributed by atoms with van der Waals surface area (Å²) in [6.07, 6.45) is -1.11. The molecule has 6 nitrogen and oxygen atoms in total. The van der Waals surface area contributed by atoms with Gasteiger partial charge in [0.2, 0.25) is 5.13 Å². The number of carbonyl (C=O) groups excluding carboxylic acids is 1. The molecule has 0 aliphatic carbocycles. The van der Waals surface area contributed by atoms with E-state index >= 15 is 0 Å². The molecule has 0 saturated heterocycles. The highest BCUT2D eigenvalue weighted by atomic mass is 32.1. The van der Waals surface area contributed by atoms with Gasteiger partial charge >= 0.3 is 6.03 Å². The van der Waals surface area contributed by atoms with Crippen LogP contribution in [0.15, 0.2) is 29.8 Å². The maximum atomic E-state index is 13.4. The lowest BCUT2D eigenvalue weighted by molar-refractivity contribution is 0.170. The third kappa shape index (κ3) is 3.70. The number of nitrogens with zero attached hydrogens (tertiary/aromatic N) is 2. The van der Waals surface area contributed by atoms with Crippen LogP contribution in [0.4, 0.5) is 14.3 Å². The van der Waals surface area contributed by atoms with E-state index in [0.717, 1.165) is 0 Å². The van der Waals surface area contributed by atoms with E-state index < -0.39 is 18.0 Å². The normalized spacial score (nSPS) is 11.9. The third-order valence-electron chi connectivity index (χ3n) is 2.30. The molecular weight excluding hydrogens is 271 g/mol. The molecule has 0 unspecified atom stereocenters. The van der Waals surface area contributed by atoms with E-state index in [1.165, 1.54) is 35.0 Å². The van der Waals surface area contributed by atoms with Crippen LogP contribution in [0.2, 0.25) is 0 Å². The van der Waals surface area contributed by atoms with E-state index in [9.17, 15) is 14.3 Å². The number of hydrogen-bond donors (Lipinski definition) is 3. The first kappa shape index (κ1) is 13.4. The van der Waals surface area contributed by atoms with Gasteiger partial charge in [-0.2, -0.15) is 0 Å². The van der Waals surface area contributed by atoms with Gasteiger partial charge in [0.1, 0.15) is 11.3 Å². The molecule has 0 fully saturated rings. The molecule has 0 radical (unpaired) electrons. The van der Waals surface area contributed by atoms with Gasteiger partial charge in [0.05, 0.1) is 6.10 Å². The number of aliphatic hydroxyl groups excluding tert-OH is 1. The fourth-order valence-corrected chi connectivity index (χ4v) is 1.85. The minimum atomic E-state index is -1.11. The van der Waals surface area contributed by atoms with Gasteiger partial charge in [-0.25, -0.2) is 9.18 Å². The molecule has 2 amide bonds. The SMILES string of the molecule is O=C(NC[C@H](O)c1ccccc1F)Nc1nncs1. The Labute approximate surface area is 112 Å².